The Morgan fingerprint density at radius 3 is 3.12 bits per heavy atom. The van der Waals surface area contributed by atoms with Crippen LogP contribution in [0.5, 0.6) is 0 Å². The first-order valence-corrected chi connectivity index (χ1v) is 10.2. The molecule has 0 aliphatic heterocycles. The number of nitrogens with one attached hydrogen (secondary N) is 1. The summed E-state index contributed by atoms with van der Waals surface area (Å²) in [6, 6.07) is 2.02. The second kappa shape index (κ2) is 7.03. The Labute approximate surface area is 158 Å². The molecule has 25 heavy (non-hydrogen) atoms. The maximum absolute atomic E-state index is 12.6. The molecule has 0 radical (unpaired) electrons. The van der Waals surface area contributed by atoms with E-state index in [0.717, 1.165) is 39.9 Å². The van der Waals surface area contributed by atoms with Crippen LogP contribution >= 0.6 is 34.3 Å². The third-order valence-electron chi connectivity index (χ3n) is 4.31. The molecule has 1 N–H and O–H groups in total. The lowest BCUT2D eigenvalue weighted by Crippen LogP contribution is -2.12. The highest BCUT2D eigenvalue weighted by Crippen LogP contribution is 2.34. The van der Waals surface area contributed by atoms with Crippen LogP contribution < -0.4 is 5.56 Å². The molecule has 0 fully saturated rings. The molecule has 0 aromatic carbocycles. The molecule has 4 nitrogen and oxygen atoms in total. The Balaban J connectivity index is 1.73. The first-order chi connectivity index (χ1) is 12.2. The Kier molecular flexibility index (Phi) is 4.78. The number of rotatable bonds is 4. The Bertz CT molecular complexity index is 1020. The number of H-pyrrole nitrogens is 1. The largest absolute Gasteiger partial charge is 0.380 e. The summed E-state index contributed by atoms with van der Waals surface area (Å²) in [6.07, 6.45) is 6.19. The lowest BCUT2D eigenvalue weighted by Gasteiger charge is -2.09. The fraction of sp³-hybridized carbons (Fsp3) is 0.333. The summed E-state index contributed by atoms with van der Waals surface area (Å²) in [5.74, 6) is 0.430. The first-order valence-electron chi connectivity index (χ1n) is 8.14. The van der Waals surface area contributed by atoms with Gasteiger partial charge >= 0.3 is 0 Å². The highest BCUT2D eigenvalue weighted by Gasteiger charge is 2.20. The van der Waals surface area contributed by atoms with E-state index in [4.69, 9.17) is 16.3 Å². The van der Waals surface area contributed by atoms with Crippen molar-refractivity contribution in [1.29, 1.82) is 0 Å². The Hall–Kier alpha value is -1.47. The van der Waals surface area contributed by atoms with Crippen molar-refractivity contribution < 1.29 is 4.74 Å². The second-order valence-electron chi connectivity index (χ2n) is 6.09. The van der Waals surface area contributed by atoms with Crippen LogP contribution in [-0.2, 0) is 24.2 Å². The van der Waals surface area contributed by atoms with Gasteiger partial charge in [-0.15, -0.1) is 22.7 Å². The number of hydrogen-bond acceptors (Lipinski definition) is 5. The van der Waals surface area contributed by atoms with Gasteiger partial charge in [-0.1, -0.05) is 11.6 Å². The standard InChI is InChI=1S/C18H17ClN2O2S2/c1-23-8-10-6-11(24-9-10)7-13(19)16-20-17(22)15-12-4-2-3-5-14(12)25-18(15)21-16/h6-7,9H,2-5,8H2,1H3,(H,20,21,22). The summed E-state index contributed by atoms with van der Waals surface area (Å²) >= 11 is 9.65. The average Bonchev–Trinajstić information content (AvgIpc) is 3.19. The zero-order chi connectivity index (χ0) is 17.4. The minimum absolute atomic E-state index is 0.0859. The van der Waals surface area contributed by atoms with E-state index in [-0.39, 0.29) is 5.56 Å². The van der Waals surface area contributed by atoms with Gasteiger partial charge in [0.2, 0.25) is 0 Å². The number of aromatic amines is 1. The van der Waals surface area contributed by atoms with Gasteiger partial charge in [-0.25, -0.2) is 4.98 Å². The zero-order valence-electron chi connectivity index (χ0n) is 13.7. The normalized spacial score (nSPS) is 14.9. The van der Waals surface area contributed by atoms with Crippen molar-refractivity contribution in [2.75, 3.05) is 7.11 Å². The van der Waals surface area contributed by atoms with Crippen molar-refractivity contribution in [3.8, 4) is 0 Å². The number of hydrogen-bond donors (Lipinski definition) is 1. The minimum Gasteiger partial charge on any atom is -0.380 e. The first kappa shape index (κ1) is 17.0. The number of halogens is 1. The zero-order valence-corrected chi connectivity index (χ0v) is 16.1. The fourth-order valence-electron chi connectivity index (χ4n) is 3.18. The van der Waals surface area contributed by atoms with E-state index < -0.39 is 0 Å². The van der Waals surface area contributed by atoms with Crippen LogP contribution in [0.25, 0.3) is 21.3 Å². The molecule has 4 rings (SSSR count). The number of fused-ring (bicyclic) bond motifs is 3. The van der Waals surface area contributed by atoms with Gasteiger partial charge in [0.15, 0.2) is 5.82 Å². The van der Waals surface area contributed by atoms with Gasteiger partial charge < -0.3 is 9.72 Å². The third-order valence-corrected chi connectivity index (χ3v) is 6.71. The number of nitrogens with zero attached hydrogens (tertiary/aromatic N) is 1. The van der Waals surface area contributed by atoms with Crippen molar-refractivity contribution in [2.24, 2.45) is 0 Å². The molecule has 0 unspecified atom stereocenters. The number of thiophene rings is 2. The maximum atomic E-state index is 12.6. The van der Waals surface area contributed by atoms with Gasteiger partial charge in [0.25, 0.3) is 5.56 Å². The van der Waals surface area contributed by atoms with E-state index in [2.05, 4.69) is 9.97 Å². The summed E-state index contributed by atoms with van der Waals surface area (Å²) in [7, 11) is 1.67. The third kappa shape index (κ3) is 3.31. The van der Waals surface area contributed by atoms with E-state index in [0.29, 0.717) is 17.5 Å². The molecule has 7 heteroatoms. The molecule has 0 saturated carbocycles. The van der Waals surface area contributed by atoms with Crippen LogP contribution in [0.4, 0.5) is 0 Å². The van der Waals surface area contributed by atoms with Crippen molar-refractivity contribution in [1.82, 2.24) is 9.97 Å². The molecular formula is C18H17ClN2O2S2. The summed E-state index contributed by atoms with van der Waals surface area (Å²) in [6.45, 7) is 0.573. The average molecular weight is 393 g/mol. The molecule has 3 heterocycles. The lowest BCUT2D eigenvalue weighted by atomic mass is 9.97. The molecule has 1 aliphatic carbocycles. The topological polar surface area (TPSA) is 55.0 Å². The second-order valence-corrected chi connectivity index (χ2v) is 8.52. The predicted molar refractivity (Wildman–Crippen MR) is 106 cm³/mol. The number of methoxy groups -OCH3 is 1. The smallest absolute Gasteiger partial charge is 0.260 e. The molecule has 130 valence electrons. The number of aryl methyl sites for hydroxylation is 2. The van der Waals surface area contributed by atoms with Gasteiger partial charge in [0.05, 0.1) is 17.0 Å². The van der Waals surface area contributed by atoms with Gasteiger partial charge in [0.1, 0.15) is 4.83 Å². The van der Waals surface area contributed by atoms with Crippen LogP contribution in [0.3, 0.4) is 0 Å². The molecule has 0 spiro atoms. The van der Waals surface area contributed by atoms with E-state index >= 15 is 0 Å². The fourth-order valence-corrected chi connectivity index (χ4v) is 5.55. The van der Waals surface area contributed by atoms with Gasteiger partial charge in [-0.3, -0.25) is 4.79 Å². The van der Waals surface area contributed by atoms with E-state index in [1.807, 2.05) is 17.5 Å². The van der Waals surface area contributed by atoms with Crippen molar-refractivity contribution in [3.63, 3.8) is 0 Å². The van der Waals surface area contributed by atoms with Crippen molar-refractivity contribution in [3.05, 3.63) is 48.5 Å². The summed E-state index contributed by atoms with van der Waals surface area (Å²) < 4.78 is 5.13. The van der Waals surface area contributed by atoms with Crippen LogP contribution in [0, 0.1) is 0 Å². The summed E-state index contributed by atoms with van der Waals surface area (Å²) in [4.78, 5) is 23.2. The van der Waals surface area contributed by atoms with Crippen LogP contribution in [0.15, 0.2) is 16.2 Å². The number of aromatic nitrogens is 2. The predicted octanol–water partition coefficient (Wildman–Crippen LogP) is 4.81. The van der Waals surface area contributed by atoms with Crippen molar-refractivity contribution >= 4 is 55.6 Å². The Morgan fingerprint density at radius 1 is 1.44 bits per heavy atom. The quantitative estimate of drug-likeness (QED) is 0.693. The molecule has 3 aromatic rings. The van der Waals surface area contributed by atoms with Crippen molar-refractivity contribution in [2.45, 2.75) is 32.3 Å². The number of ether oxygens (including phenoxy) is 1. The van der Waals surface area contributed by atoms with E-state index in [1.54, 1.807) is 29.8 Å². The molecular weight excluding hydrogens is 376 g/mol. The van der Waals surface area contributed by atoms with Crippen LogP contribution in [0.2, 0.25) is 0 Å². The summed E-state index contributed by atoms with van der Waals surface area (Å²) in [5.41, 5.74) is 2.21. The van der Waals surface area contributed by atoms with Crippen LogP contribution in [-0.4, -0.2) is 17.1 Å². The van der Waals surface area contributed by atoms with Gasteiger partial charge in [0, 0.05) is 16.9 Å². The van der Waals surface area contributed by atoms with E-state index in [1.165, 1.54) is 16.9 Å². The van der Waals surface area contributed by atoms with Crippen LogP contribution in [0.1, 0.15) is 39.5 Å². The molecule has 0 atom stereocenters. The Morgan fingerprint density at radius 2 is 2.28 bits per heavy atom. The van der Waals surface area contributed by atoms with Gasteiger partial charge in [-0.2, -0.15) is 0 Å². The molecule has 0 bridgehead atoms. The monoisotopic (exact) mass is 392 g/mol. The molecule has 1 aliphatic rings. The lowest BCUT2D eigenvalue weighted by molar-refractivity contribution is 0.185. The highest BCUT2D eigenvalue weighted by atomic mass is 35.5. The minimum atomic E-state index is -0.0859. The molecule has 3 aromatic heterocycles. The van der Waals surface area contributed by atoms with Gasteiger partial charge in [-0.05, 0) is 54.3 Å². The molecule has 0 saturated heterocycles. The molecule has 0 amide bonds. The SMILES string of the molecule is COCc1csc(C=C(Cl)c2nc3sc4c(c3c(=O)[nH]2)CCCC4)c1. The summed E-state index contributed by atoms with van der Waals surface area (Å²) in [5, 5.41) is 3.23. The highest BCUT2D eigenvalue weighted by molar-refractivity contribution is 7.18. The maximum Gasteiger partial charge on any atom is 0.260 e. The van der Waals surface area contributed by atoms with E-state index in [9.17, 15) is 4.79 Å².